The molecule has 2 N–H and O–H groups in total. The van der Waals surface area contributed by atoms with Gasteiger partial charge in [-0.1, -0.05) is 31.1 Å². The fourth-order valence-electron chi connectivity index (χ4n) is 2.55. The lowest BCUT2D eigenvalue weighted by molar-refractivity contribution is 0.240. The van der Waals surface area contributed by atoms with Crippen LogP contribution in [0, 0.1) is 6.92 Å². The number of aliphatic imine (C=N–C) groups is 1. The molecule has 7 heteroatoms. The zero-order chi connectivity index (χ0) is 20.5. The monoisotopic (exact) mass is 387 g/mol. The van der Waals surface area contributed by atoms with Crippen molar-refractivity contribution in [3.8, 4) is 5.75 Å². The number of guanidine groups is 1. The molecule has 0 aliphatic rings. The Morgan fingerprint density at radius 1 is 1.21 bits per heavy atom. The molecule has 7 nitrogen and oxygen atoms in total. The molecule has 0 amide bonds. The number of nitrogens with zero attached hydrogens (tertiary/aromatic N) is 3. The summed E-state index contributed by atoms with van der Waals surface area (Å²) in [6.07, 6.45) is 0.775. The number of nitrogens with one attached hydrogen (secondary N) is 2. The minimum absolute atomic E-state index is 0.126. The molecule has 0 spiro atoms. The minimum atomic E-state index is 0.126. The third-order valence-electron chi connectivity index (χ3n) is 3.97. The van der Waals surface area contributed by atoms with E-state index in [0.717, 1.165) is 29.6 Å². The number of ether oxygens (including phenoxy) is 1. The van der Waals surface area contributed by atoms with E-state index in [4.69, 9.17) is 14.3 Å². The molecule has 2 aromatic rings. The maximum absolute atomic E-state index is 5.94. The van der Waals surface area contributed by atoms with E-state index in [-0.39, 0.29) is 12.0 Å². The number of benzene rings is 1. The molecule has 0 bridgehead atoms. The maximum Gasteiger partial charge on any atom is 0.228 e. The van der Waals surface area contributed by atoms with Crippen molar-refractivity contribution in [2.45, 2.75) is 66.5 Å². The van der Waals surface area contributed by atoms with Crippen molar-refractivity contribution < 1.29 is 9.26 Å². The summed E-state index contributed by atoms with van der Waals surface area (Å²) in [7, 11) is 0. The van der Waals surface area contributed by atoms with Gasteiger partial charge in [-0.15, -0.1) is 0 Å². The lowest BCUT2D eigenvalue weighted by Gasteiger charge is -2.15. The van der Waals surface area contributed by atoms with Gasteiger partial charge in [0.05, 0.1) is 12.6 Å². The average molecular weight is 388 g/mol. The second kappa shape index (κ2) is 10.7. The molecule has 2 rings (SSSR count). The third kappa shape index (κ3) is 6.87. The predicted octanol–water partition coefficient (Wildman–Crippen LogP) is 3.59. The van der Waals surface area contributed by atoms with E-state index >= 15 is 0 Å². The maximum atomic E-state index is 5.94. The van der Waals surface area contributed by atoms with Crippen LogP contribution in [0.4, 0.5) is 0 Å². The number of hydrogen-bond donors (Lipinski definition) is 2. The molecule has 1 heterocycles. The van der Waals surface area contributed by atoms with Gasteiger partial charge in [0.25, 0.3) is 0 Å². The van der Waals surface area contributed by atoms with Gasteiger partial charge in [0.1, 0.15) is 5.75 Å². The van der Waals surface area contributed by atoms with Crippen molar-refractivity contribution in [3.05, 3.63) is 41.0 Å². The number of rotatable bonds is 9. The van der Waals surface area contributed by atoms with Crippen LogP contribution in [-0.4, -0.2) is 35.3 Å². The number of hydrogen-bond acceptors (Lipinski definition) is 5. The van der Waals surface area contributed by atoms with Crippen LogP contribution >= 0.6 is 0 Å². The molecule has 1 aromatic heterocycles. The lowest BCUT2D eigenvalue weighted by atomic mass is 10.1. The van der Waals surface area contributed by atoms with Crippen molar-refractivity contribution >= 4 is 5.96 Å². The van der Waals surface area contributed by atoms with E-state index in [1.165, 1.54) is 5.56 Å². The Bertz CT molecular complexity index is 768. The smallest absolute Gasteiger partial charge is 0.228 e. The summed E-state index contributed by atoms with van der Waals surface area (Å²) in [6, 6.07) is 6.22. The third-order valence-corrected chi connectivity index (χ3v) is 3.97. The molecule has 0 atom stereocenters. The molecule has 28 heavy (non-hydrogen) atoms. The van der Waals surface area contributed by atoms with Gasteiger partial charge in [0.15, 0.2) is 11.8 Å². The highest BCUT2D eigenvalue weighted by atomic mass is 16.5. The largest absolute Gasteiger partial charge is 0.491 e. The molecule has 0 aliphatic carbocycles. The van der Waals surface area contributed by atoms with Crippen LogP contribution in [0.25, 0.3) is 0 Å². The second-order valence-corrected chi connectivity index (χ2v) is 7.35. The van der Waals surface area contributed by atoms with Crippen molar-refractivity contribution in [2.75, 3.05) is 13.1 Å². The Morgan fingerprint density at radius 2 is 2.00 bits per heavy atom. The molecule has 0 saturated carbocycles. The lowest BCUT2D eigenvalue weighted by Crippen LogP contribution is -2.38. The van der Waals surface area contributed by atoms with Gasteiger partial charge in [0, 0.05) is 31.0 Å². The zero-order valence-electron chi connectivity index (χ0n) is 17.9. The molecule has 1 aromatic carbocycles. The second-order valence-electron chi connectivity index (χ2n) is 7.35. The fourth-order valence-corrected chi connectivity index (χ4v) is 2.55. The normalized spacial score (nSPS) is 11.9. The van der Waals surface area contributed by atoms with Crippen molar-refractivity contribution in [2.24, 2.45) is 4.99 Å². The van der Waals surface area contributed by atoms with Crippen molar-refractivity contribution in [1.82, 2.24) is 20.8 Å². The SMILES string of the molecule is CCNC(=NCc1ccc(C)cc1OC(C)C)NCCc1nc(C(C)C)no1. The summed E-state index contributed by atoms with van der Waals surface area (Å²) in [5.41, 5.74) is 2.24. The Morgan fingerprint density at radius 3 is 2.64 bits per heavy atom. The van der Waals surface area contributed by atoms with Gasteiger partial charge in [0.2, 0.25) is 5.89 Å². The highest BCUT2D eigenvalue weighted by Gasteiger charge is 2.10. The van der Waals surface area contributed by atoms with Crippen molar-refractivity contribution in [1.29, 1.82) is 0 Å². The van der Waals surface area contributed by atoms with E-state index in [0.29, 0.717) is 25.4 Å². The van der Waals surface area contributed by atoms with Crippen molar-refractivity contribution in [3.63, 3.8) is 0 Å². The fraction of sp³-hybridized carbons (Fsp3) is 0.571. The van der Waals surface area contributed by atoms with E-state index in [1.54, 1.807) is 0 Å². The van der Waals surface area contributed by atoms with Gasteiger partial charge < -0.3 is 19.9 Å². The average Bonchev–Trinajstić information content (AvgIpc) is 3.09. The highest BCUT2D eigenvalue weighted by molar-refractivity contribution is 5.79. The first-order valence-electron chi connectivity index (χ1n) is 9.99. The van der Waals surface area contributed by atoms with Crippen LogP contribution in [0.3, 0.4) is 0 Å². The van der Waals surface area contributed by atoms with E-state index in [2.05, 4.69) is 45.9 Å². The number of aromatic nitrogens is 2. The molecule has 154 valence electrons. The van der Waals surface area contributed by atoms with Gasteiger partial charge >= 0.3 is 0 Å². The van der Waals surface area contributed by atoms with Gasteiger partial charge in [-0.05, 0) is 39.3 Å². The van der Waals surface area contributed by atoms with Gasteiger partial charge in [-0.3, -0.25) is 0 Å². The summed E-state index contributed by atoms with van der Waals surface area (Å²) in [5.74, 6) is 3.29. The molecule has 0 saturated heterocycles. The highest BCUT2D eigenvalue weighted by Crippen LogP contribution is 2.22. The predicted molar refractivity (Wildman–Crippen MR) is 112 cm³/mol. The minimum Gasteiger partial charge on any atom is -0.491 e. The standard InChI is InChI=1S/C21H33N5O2/c1-7-22-21(23-11-10-19-25-20(14(2)3)26-28-19)24-13-17-9-8-16(6)12-18(17)27-15(4)5/h8-9,12,14-15H,7,10-11,13H2,1-6H3,(H2,22,23,24). The quantitative estimate of drug-likeness (QED) is 0.505. The molecule has 0 aliphatic heterocycles. The molecule has 0 radical (unpaired) electrons. The van der Waals surface area contributed by atoms with Crippen LogP contribution in [0.2, 0.25) is 0 Å². The summed E-state index contributed by atoms with van der Waals surface area (Å²) < 4.78 is 11.2. The van der Waals surface area contributed by atoms with Gasteiger partial charge in [-0.2, -0.15) is 4.98 Å². The molecular weight excluding hydrogens is 354 g/mol. The Kier molecular flexibility index (Phi) is 8.29. The Labute approximate surface area is 168 Å². The van der Waals surface area contributed by atoms with Crippen LogP contribution in [0.15, 0.2) is 27.7 Å². The zero-order valence-corrected chi connectivity index (χ0v) is 17.9. The summed E-state index contributed by atoms with van der Waals surface area (Å²) in [5, 5.41) is 10.6. The summed E-state index contributed by atoms with van der Waals surface area (Å²) in [4.78, 5) is 9.09. The number of aryl methyl sites for hydroxylation is 1. The molecular formula is C21H33N5O2. The topological polar surface area (TPSA) is 84.6 Å². The summed E-state index contributed by atoms with van der Waals surface area (Å²) >= 11 is 0. The Hall–Kier alpha value is -2.57. The van der Waals surface area contributed by atoms with E-state index < -0.39 is 0 Å². The van der Waals surface area contributed by atoms with E-state index in [9.17, 15) is 0 Å². The van der Waals surface area contributed by atoms with Crippen LogP contribution in [-0.2, 0) is 13.0 Å². The van der Waals surface area contributed by atoms with Crippen LogP contribution in [0.5, 0.6) is 5.75 Å². The molecule has 0 unspecified atom stereocenters. The van der Waals surface area contributed by atoms with Crippen LogP contribution in [0.1, 0.15) is 63.4 Å². The summed E-state index contributed by atoms with van der Waals surface area (Å²) in [6.45, 7) is 14.2. The first-order valence-corrected chi connectivity index (χ1v) is 9.99. The first kappa shape index (κ1) is 21.7. The van der Waals surface area contributed by atoms with Crippen LogP contribution < -0.4 is 15.4 Å². The Balaban J connectivity index is 1.98. The van der Waals surface area contributed by atoms with Gasteiger partial charge in [-0.25, -0.2) is 4.99 Å². The first-order chi connectivity index (χ1) is 13.4. The molecule has 0 fully saturated rings. The van der Waals surface area contributed by atoms with E-state index in [1.807, 2.05) is 34.6 Å².